The smallest absolute Gasteiger partial charge is 0.0805 e. The molecule has 0 aliphatic carbocycles. The summed E-state index contributed by atoms with van der Waals surface area (Å²) in [4.78, 5) is 2.08. The van der Waals surface area contributed by atoms with Gasteiger partial charge in [-0.1, -0.05) is 0 Å². The van der Waals surface area contributed by atoms with Gasteiger partial charge in [-0.15, -0.1) is 0 Å². The average Bonchev–Trinajstić information content (AvgIpc) is 2.15. The molecule has 50 valence electrons. The van der Waals surface area contributed by atoms with Crippen LogP contribution < -0.4 is 0 Å². The molecule has 0 amide bonds. The molecule has 0 atom stereocenters. The normalized spacial score (nSPS) is 17.0. The van der Waals surface area contributed by atoms with Crippen molar-refractivity contribution in [2.24, 2.45) is 10.2 Å². The molecule has 0 N–H and O–H groups in total. The summed E-state index contributed by atoms with van der Waals surface area (Å²) in [6.45, 7) is 1.67. The SMILES string of the molecule is CN(C)CC1=CCN=N1. The zero-order chi connectivity index (χ0) is 6.69. The van der Waals surface area contributed by atoms with Gasteiger partial charge in [0.15, 0.2) is 0 Å². The van der Waals surface area contributed by atoms with E-state index in [-0.39, 0.29) is 0 Å². The Morgan fingerprint density at radius 1 is 1.67 bits per heavy atom. The highest BCUT2D eigenvalue weighted by molar-refractivity contribution is 5.05. The lowest BCUT2D eigenvalue weighted by Gasteiger charge is -2.05. The minimum atomic E-state index is 0.767. The van der Waals surface area contributed by atoms with Crippen LogP contribution in [-0.2, 0) is 0 Å². The van der Waals surface area contributed by atoms with Crippen molar-refractivity contribution in [1.82, 2.24) is 4.90 Å². The molecule has 9 heavy (non-hydrogen) atoms. The van der Waals surface area contributed by atoms with Gasteiger partial charge in [0.2, 0.25) is 0 Å². The number of nitrogens with zero attached hydrogens (tertiary/aromatic N) is 3. The maximum absolute atomic E-state index is 3.92. The van der Waals surface area contributed by atoms with Gasteiger partial charge in [-0.25, -0.2) is 0 Å². The van der Waals surface area contributed by atoms with Crippen LogP contribution in [0.3, 0.4) is 0 Å². The van der Waals surface area contributed by atoms with Crippen LogP contribution >= 0.6 is 0 Å². The summed E-state index contributed by atoms with van der Waals surface area (Å²) in [5.41, 5.74) is 1.08. The fourth-order valence-corrected chi connectivity index (χ4v) is 0.739. The van der Waals surface area contributed by atoms with Gasteiger partial charge in [-0.05, 0) is 20.2 Å². The molecule has 1 aliphatic rings. The van der Waals surface area contributed by atoms with Crippen molar-refractivity contribution < 1.29 is 0 Å². The Hall–Kier alpha value is -0.700. The minimum Gasteiger partial charge on any atom is -0.304 e. The van der Waals surface area contributed by atoms with Gasteiger partial charge in [0.1, 0.15) is 0 Å². The Labute approximate surface area is 55.1 Å². The van der Waals surface area contributed by atoms with Crippen molar-refractivity contribution in [3.8, 4) is 0 Å². The molecule has 0 aromatic carbocycles. The molecular formula is C6H11N3. The first kappa shape index (κ1) is 6.42. The first-order valence-corrected chi connectivity index (χ1v) is 3.00. The fraction of sp³-hybridized carbons (Fsp3) is 0.667. The fourth-order valence-electron chi connectivity index (χ4n) is 0.739. The zero-order valence-corrected chi connectivity index (χ0v) is 5.83. The third-order valence-corrected chi connectivity index (χ3v) is 1.09. The topological polar surface area (TPSA) is 28.0 Å². The van der Waals surface area contributed by atoms with Crippen LogP contribution in [0.4, 0.5) is 0 Å². The quantitative estimate of drug-likeness (QED) is 0.538. The molecule has 0 saturated carbocycles. The van der Waals surface area contributed by atoms with E-state index in [1.54, 1.807) is 0 Å². The molecule has 3 heteroatoms. The van der Waals surface area contributed by atoms with E-state index in [4.69, 9.17) is 0 Å². The summed E-state index contributed by atoms with van der Waals surface area (Å²) in [6.07, 6.45) is 2.04. The van der Waals surface area contributed by atoms with Crippen LogP contribution in [0.5, 0.6) is 0 Å². The van der Waals surface area contributed by atoms with Crippen LogP contribution in [0, 0.1) is 0 Å². The predicted molar refractivity (Wildman–Crippen MR) is 36.4 cm³/mol. The van der Waals surface area contributed by atoms with Gasteiger partial charge in [0, 0.05) is 6.54 Å². The lowest BCUT2D eigenvalue weighted by atomic mass is 10.4. The molecule has 0 radical (unpaired) electrons. The van der Waals surface area contributed by atoms with Crippen molar-refractivity contribution in [3.05, 3.63) is 11.8 Å². The second-order valence-corrected chi connectivity index (χ2v) is 2.36. The highest BCUT2D eigenvalue weighted by Crippen LogP contribution is 2.04. The van der Waals surface area contributed by atoms with Gasteiger partial charge >= 0.3 is 0 Å². The van der Waals surface area contributed by atoms with E-state index < -0.39 is 0 Å². The first-order chi connectivity index (χ1) is 4.29. The number of hydrogen-bond donors (Lipinski definition) is 0. The van der Waals surface area contributed by atoms with Crippen LogP contribution in [0.2, 0.25) is 0 Å². The van der Waals surface area contributed by atoms with Crippen molar-refractivity contribution in [1.29, 1.82) is 0 Å². The summed E-state index contributed by atoms with van der Waals surface area (Å²) in [5.74, 6) is 0. The van der Waals surface area contributed by atoms with E-state index in [0.29, 0.717) is 0 Å². The second kappa shape index (κ2) is 2.73. The molecule has 0 fully saturated rings. The predicted octanol–water partition coefficient (Wildman–Crippen LogP) is 0.898. The molecule has 0 aromatic rings. The molecule has 1 aliphatic heterocycles. The lowest BCUT2D eigenvalue weighted by Crippen LogP contribution is -2.13. The summed E-state index contributed by atoms with van der Waals surface area (Å²) < 4.78 is 0. The second-order valence-electron chi connectivity index (χ2n) is 2.36. The number of rotatable bonds is 2. The highest BCUT2D eigenvalue weighted by Gasteiger charge is 2.00. The van der Waals surface area contributed by atoms with Crippen LogP contribution in [0.15, 0.2) is 22.0 Å². The van der Waals surface area contributed by atoms with Crippen molar-refractivity contribution >= 4 is 0 Å². The maximum Gasteiger partial charge on any atom is 0.0805 e. The minimum absolute atomic E-state index is 0.767. The van der Waals surface area contributed by atoms with Gasteiger partial charge in [-0.2, -0.15) is 10.2 Å². The van der Waals surface area contributed by atoms with Crippen LogP contribution in [-0.4, -0.2) is 32.1 Å². The maximum atomic E-state index is 3.92. The van der Waals surface area contributed by atoms with E-state index in [1.165, 1.54) is 0 Å². The Balaban J connectivity index is 2.35. The van der Waals surface area contributed by atoms with Crippen LogP contribution in [0.1, 0.15) is 0 Å². The van der Waals surface area contributed by atoms with Gasteiger partial charge < -0.3 is 4.90 Å². The Kier molecular flexibility index (Phi) is 1.95. The summed E-state index contributed by atoms with van der Waals surface area (Å²) >= 11 is 0. The standard InChI is InChI=1S/C6H11N3/c1-9(2)5-6-3-4-7-8-6/h3H,4-5H2,1-2H3. The van der Waals surface area contributed by atoms with E-state index in [9.17, 15) is 0 Å². The summed E-state index contributed by atoms with van der Waals surface area (Å²) in [6, 6.07) is 0. The Morgan fingerprint density at radius 2 is 2.44 bits per heavy atom. The Bertz CT molecular complexity index is 146. The van der Waals surface area contributed by atoms with Crippen molar-refractivity contribution in [2.45, 2.75) is 0 Å². The largest absolute Gasteiger partial charge is 0.304 e. The lowest BCUT2D eigenvalue weighted by molar-refractivity contribution is 0.443. The van der Waals surface area contributed by atoms with Crippen molar-refractivity contribution in [3.63, 3.8) is 0 Å². The molecule has 0 aromatic heterocycles. The van der Waals surface area contributed by atoms with Crippen LogP contribution in [0.25, 0.3) is 0 Å². The molecule has 3 nitrogen and oxygen atoms in total. The molecule has 1 heterocycles. The molecule has 0 unspecified atom stereocenters. The third-order valence-electron chi connectivity index (χ3n) is 1.09. The Morgan fingerprint density at radius 3 is 2.89 bits per heavy atom. The van der Waals surface area contributed by atoms with Gasteiger partial charge in [0.25, 0.3) is 0 Å². The first-order valence-electron chi connectivity index (χ1n) is 3.00. The highest BCUT2D eigenvalue weighted by atomic mass is 15.2. The molecule has 0 bridgehead atoms. The molecule has 1 rings (SSSR count). The van der Waals surface area contributed by atoms with Gasteiger partial charge in [0.05, 0.1) is 12.2 Å². The number of likely N-dealkylation sites (N-methyl/N-ethyl adjacent to an activating group) is 1. The average molecular weight is 125 g/mol. The number of azo groups is 1. The van der Waals surface area contributed by atoms with E-state index >= 15 is 0 Å². The molecule has 0 spiro atoms. The zero-order valence-electron chi connectivity index (χ0n) is 5.83. The van der Waals surface area contributed by atoms with Gasteiger partial charge in [-0.3, -0.25) is 0 Å². The van der Waals surface area contributed by atoms with Crippen molar-refractivity contribution in [2.75, 3.05) is 27.2 Å². The summed E-state index contributed by atoms with van der Waals surface area (Å²) in [5, 5.41) is 7.74. The monoisotopic (exact) mass is 125 g/mol. The number of hydrogen-bond acceptors (Lipinski definition) is 3. The van der Waals surface area contributed by atoms with E-state index in [2.05, 4.69) is 15.1 Å². The molecule has 0 saturated heterocycles. The third kappa shape index (κ3) is 1.93. The molecular weight excluding hydrogens is 114 g/mol. The van der Waals surface area contributed by atoms with E-state index in [0.717, 1.165) is 18.8 Å². The van der Waals surface area contributed by atoms with E-state index in [1.807, 2.05) is 20.2 Å². The summed E-state index contributed by atoms with van der Waals surface area (Å²) in [7, 11) is 4.04.